The van der Waals surface area contributed by atoms with Crippen LogP contribution < -0.4 is 5.32 Å². The van der Waals surface area contributed by atoms with Crippen molar-refractivity contribution in [1.82, 2.24) is 10.4 Å². The Morgan fingerprint density at radius 1 is 1.30 bits per heavy atom. The molecule has 1 aromatic carbocycles. The van der Waals surface area contributed by atoms with Crippen molar-refractivity contribution in [2.75, 3.05) is 6.61 Å². The van der Waals surface area contributed by atoms with Gasteiger partial charge in [-0.05, 0) is 60.6 Å². The molecule has 4 N–H and O–H groups in total. The molecule has 4 fully saturated rings. The van der Waals surface area contributed by atoms with Crippen LogP contribution in [-0.4, -0.2) is 63.2 Å². The molecule has 1 amide bonds. The Kier molecular flexibility index (Phi) is 6.57. The number of rotatable bonds is 7. The summed E-state index contributed by atoms with van der Waals surface area (Å²) < 4.78 is 0. The van der Waals surface area contributed by atoms with Crippen molar-refractivity contribution in [3.8, 4) is 0 Å². The molecule has 3 aliphatic carbocycles. The summed E-state index contributed by atoms with van der Waals surface area (Å²) in [6.45, 7) is 8.27. The number of hydrogen-bond acceptors (Lipinski definition) is 6. The van der Waals surface area contributed by atoms with Gasteiger partial charge < -0.3 is 20.6 Å². The molecule has 1 unspecified atom stereocenters. The summed E-state index contributed by atoms with van der Waals surface area (Å²) in [4.78, 5) is 30.8. The molecule has 2 bridgehead atoms. The molecule has 0 spiro atoms. The monoisotopic (exact) mass is 460 g/mol. The van der Waals surface area contributed by atoms with Gasteiger partial charge in [0.1, 0.15) is 12.1 Å². The maximum atomic E-state index is 13.6. The van der Waals surface area contributed by atoms with Crippen LogP contribution in [0.4, 0.5) is 0 Å². The highest BCUT2D eigenvalue weighted by Gasteiger charge is 2.57. The maximum Gasteiger partial charge on any atom is 0.335 e. The van der Waals surface area contributed by atoms with Gasteiger partial charge in [-0.15, -0.1) is 0 Å². The smallest absolute Gasteiger partial charge is 0.335 e. The number of carboxylic acids is 1. The zero-order valence-electron chi connectivity index (χ0n) is 19.8. The lowest BCUT2D eigenvalue weighted by Gasteiger charge is -2.62. The fourth-order valence-electron chi connectivity index (χ4n) is 6.47. The van der Waals surface area contributed by atoms with Crippen LogP contribution >= 0.6 is 0 Å². The summed E-state index contributed by atoms with van der Waals surface area (Å²) in [5.74, 6) is -0.331. The Bertz CT molecular complexity index is 903. The highest BCUT2D eigenvalue weighted by Crippen LogP contribution is 2.61. The third-order valence-corrected chi connectivity index (χ3v) is 8.57. The van der Waals surface area contributed by atoms with Gasteiger partial charge in [0.05, 0.1) is 24.8 Å². The number of aromatic carboxylic acids is 1. The zero-order chi connectivity index (χ0) is 24.1. The van der Waals surface area contributed by atoms with E-state index in [2.05, 4.69) is 26.1 Å². The van der Waals surface area contributed by atoms with Crippen molar-refractivity contribution in [3.63, 3.8) is 0 Å². The second kappa shape index (κ2) is 8.98. The molecule has 3 saturated carbocycles. The van der Waals surface area contributed by atoms with E-state index in [0.717, 1.165) is 6.42 Å². The summed E-state index contributed by atoms with van der Waals surface area (Å²) in [6, 6.07) is 5.74. The van der Waals surface area contributed by atoms with Crippen molar-refractivity contribution < 1.29 is 29.7 Å². The standard InChI is InChI=1S/C25H36N2O6/c1-13-18-9-17(25(18,3)4)10-19(13)26-23(30)22-21(14(2)29)20(12-28)33-27(22)11-15-6-5-7-16(8-15)24(31)32/h5-8,13-14,17-22,28-29H,9-12H2,1-4H3,(H,26,30)(H,31,32)/t13-,14-,17+,18-,19-,20-,21?,22-/m0/s1. The fourth-order valence-corrected chi connectivity index (χ4v) is 6.47. The summed E-state index contributed by atoms with van der Waals surface area (Å²) >= 11 is 0. The summed E-state index contributed by atoms with van der Waals surface area (Å²) in [5.41, 5.74) is 1.13. The molecule has 5 rings (SSSR count). The maximum absolute atomic E-state index is 13.6. The molecule has 1 aliphatic heterocycles. The predicted molar refractivity (Wildman–Crippen MR) is 121 cm³/mol. The molecule has 33 heavy (non-hydrogen) atoms. The number of aliphatic hydroxyl groups excluding tert-OH is 2. The van der Waals surface area contributed by atoms with Gasteiger partial charge in [0.2, 0.25) is 5.91 Å². The van der Waals surface area contributed by atoms with Gasteiger partial charge in [0, 0.05) is 12.0 Å². The molecule has 8 heteroatoms. The Labute approximate surface area is 194 Å². The van der Waals surface area contributed by atoms with Gasteiger partial charge in [0.15, 0.2) is 0 Å². The Morgan fingerprint density at radius 3 is 2.61 bits per heavy atom. The lowest BCUT2D eigenvalue weighted by molar-refractivity contribution is -0.183. The van der Waals surface area contributed by atoms with Gasteiger partial charge in [-0.1, -0.05) is 32.9 Å². The number of hydrogen-bond donors (Lipinski definition) is 4. The minimum Gasteiger partial charge on any atom is -0.478 e. The second-order valence-corrected chi connectivity index (χ2v) is 10.7. The van der Waals surface area contributed by atoms with E-state index in [9.17, 15) is 24.9 Å². The first kappa shape index (κ1) is 24.1. The topological polar surface area (TPSA) is 119 Å². The minimum absolute atomic E-state index is 0.0642. The number of fused-ring (bicyclic) bond motifs is 2. The van der Waals surface area contributed by atoms with Gasteiger partial charge in [-0.25, -0.2) is 4.79 Å². The number of hydroxylamine groups is 2. The Balaban J connectivity index is 1.54. The fraction of sp³-hybridized carbons (Fsp3) is 0.680. The lowest BCUT2D eigenvalue weighted by atomic mass is 9.45. The normalized spacial score (nSPS) is 36.1. The molecule has 4 aliphatic rings. The highest BCUT2D eigenvalue weighted by molar-refractivity contribution is 5.87. The average molecular weight is 461 g/mol. The third kappa shape index (κ3) is 4.30. The summed E-state index contributed by atoms with van der Waals surface area (Å²) in [6.07, 6.45) is 0.555. The molecule has 182 valence electrons. The van der Waals surface area contributed by atoms with Crippen LogP contribution in [0.1, 0.15) is 56.5 Å². The molecule has 0 radical (unpaired) electrons. The number of carbonyl (C=O) groups is 2. The van der Waals surface area contributed by atoms with E-state index in [0.29, 0.717) is 28.7 Å². The van der Waals surface area contributed by atoms with Crippen LogP contribution in [0, 0.1) is 29.1 Å². The molecule has 1 heterocycles. The molecular weight excluding hydrogens is 424 g/mol. The highest BCUT2D eigenvalue weighted by atomic mass is 16.7. The Hall–Kier alpha value is -2.00. The van der Waals surface area contributed by atoms with E-state index in [1.165, 1.54) is 17.6 Å². The molecule has 8 nitrogen and oxygen atoms in total. The van der Waals surface area contributed by atoms with Crippen LogP contribution in [0.2, 0.25) is 0 Å². The predicted octanol–water partition coefficient (Wildman–Crippen LogP) is 2.05. The van der Waals surface area contributed by atoms with Crippen molar-refractivity contribution >= 4 is 11.9 Å². The van der Waals surface area contributed by atoms with Crippen LogP contribution in [0.5, 0.6) is 0 Å². The van der Waals surface area contributed by atoms with Gasteiger partial charge in [0.25, 0.3) is 0 Å². The number of nitrogens with zero attached hydrogens (tertiary/aromatic N) is 1. The number of nitrogens with one attached hydrogen (secondary N) is 1. The van der Waals surface area contributed by atoms with Crippen LogP contribution in [0.25, 0.3) is 0 Å². The number of amides is 1. The second-order valence-electron chi connectivity index (χ2n) is 10.7. The van der Waals surface area contributed by atoms with E-state index in [4.69, 9.17) is 4.84 Å². The SMILES string of the molecule is C[C@@H]1[C@@H](NC(=O)[C@@H]2C([C@H](C)O)[C@H](CO)ON2Cc2cccc(C(=O)O)c2)C[C@H]2C[C@@H]1C2(C)C. The Morgan fingerprint density at radius 2 is 2.03 bits per heavy atom. The largest absolute Gasteiger partial charge is 0.478 e. The minimum atomic E-state index is -1.03. The first-order chi connectivity index (χ1) is 15.5. The summed E-state index contributed by atoms with van der Waals surface area (Å²) in [5, 5.41) is 34.4. The van der Waals surface area contributed by atoms with Crippen molar-refractivity contribution in [2.24, 2.45) is 29.1 Å². The van der Waals surface area contributed by atoms with E-state index in [-0.39, 0.29) is 30.7 Å². The quantitative estimate of drug-likeness (QED) is 0.492. The molecule has 1 saturated heterocycles. The van der Waals surface area contributed by atoms with Gasteiger partial charge in [-0.2, -0.15) is 5.06 Å². The van der Waals surface area contributed by atoms with E-state index >= 15 is 0 Å². The first-order valence-electron chi connectivity index (χ1n) is 11.9. The first-order valence-corrected chi connectivity index (χ1v) is 11.9. The van der Waals surface area contributed by atoms with Crippen molar-refractivity contribution in [3.05, 3.63) is 35.4 Å². The third-order valence-electron chi connectivity index (χ3n) is 8.57. The van der Waals surface area contributed by atoms with Gasteiger partial charge >= 0.3 is 5.97 Å². The number of aliphatic hydroxyl groups is 2. The number of carbonyl (C=O) groups excluding carboxylic acids is 1. The number of carboxylic acid groups (broad SMARTS) is 1. The number of benzene rings is 1. The van der Waals surface area contributed by atoms with Gasteiger partial charge in [-0.3, -0.25) is 9.63 Å². The van der Waals surface area contributed by atoms with Crippen molar-refractivity contribution in [1.29, 1.82) is 0 Å². The molecule has 8 atom stereocenters. The van der Waals surface area contributed by atoms with Crippen LogP contribution in [0.3, 0.4) is 0 Å². The molecule has 1 aromatic rings. The van der Waals surface area contributed by atoms with Crippen LogP contribution in [0.15, 0.2) is 24.3 Å². The lowest BCUT2D eigenvalue weighted by Crippen LogP contribution is -2.62. The van der Waals surface area contributed by atoms with E-state index < -0.39 is 30.1 Å². The van der Waals surface area contributed by atoms with E-state index in [1.54, 1.807) is 25.1 Å². The molecule has 0 aromatic heterocycles. The average Bonchev–Trinajstić information content (AvgIpc) is 3.13. The summed E-state index contributed by atoms with van der Waals surface area (Å²) in [7, 11) is 0. The molecular formula is C25H36N2O6. The van der Waals surface area contributed by atoms with E-state index in [1.807, 2.05) is 0 Å². The zero-order valence-corrected chi connectivity index (χ0v) is 19.8. The van der Waals surface area contributed by atoms with Crippen molar-refractivity contribution in [2.45, 2.75) is 71.4 Å². The van der Waals surface area contributed by atoms with Crippen LogP contribution in [-0.2, 0) is 16.2 Å².